The highest BCUT2D eigenvalue weighted by molar-refractivity contribution is 6.03. The van der Waals surface area contributed by atoms with Crippen molar-refractivity contribution in [1.82, 2.24) is 5.32 Å². The van der Waals surface area contributed by atoms with Crippen LogP contribution >= 0.6 is 0 Å². The van der Waals surface area contributed by atoms with E-state index in [0.717, 1.165) is 18.5 Å². The summed E-state index contributed by atoms with van der Waals surface area (Å²) >= 11 is 0. The van der Waals surface area contributed by atoms with Crippen LogP contribution in [0.4, 0.5) is 5.69 Å². The first-order chi connectivity index (χ1) is 14.6. The van der Waals surface area contributed by atoms with Gasteiger partial charge in [-0.15, -0.1) is 0 Å². The van der Waals surface area contributed by atoms with Gasteiger partial charge in [0, 0.05) is 11.7 Å². The number of nitrogens with zero attached hydrogens (tertiary/aromatic N) is 1. The minimum absolute atomic E-state index is 0.0230. The first-order valence-corrected chi connectivity index (χ1v) is 10.7. The van der Waals surface area contributed by atoms with Crippen LogP contribution in [0.2, 0.25) is 0 Å². The summed E-state index contributed by atoms with van der Waals surface area (Å²) in [5.41, 5.74) is 1.42. The van der Waals surface area contributed by atoms with Crippen molar-refractivity contribution in [2.45, 2.75) is 37.5 Å². The number of ether oxygens (including phenoxy) is 1. The standard InChI is InChI=1S/C25H26N2O3/c1-17(12-13-18-8-4-2-5-9-18)26-23(28)21-20-14-15-25(30-20)16-27(24(29)22(21)25)19-10-6-3-7-11-19/h2-11,14-15,17,20-22H,12-13,16H2,1H3,(H,26,28). The molecule has 3 aliphatic heterocycles. The van der Waals surface area contributed by atoms with Gasteiger partial charge in [-0.3, -0.25) is 9.59 Å². The molecule has 2 aromatic rings. The normalized spacial score (nSPS) is 29.8. The summed E-state index contributed by atoms with van der Waals surface area (Å²) in [6.45, 7) is 2.48. The Morgan fingerprint density at radius 2 is 1.87 bits per heavy atom. The number of hydrogen-bond acceptors (Lipinski definition) is 3. The van der Waals surface area contributed by atoms with Gasteiger partial charge >= 0.3 is 0 Å². The summed E-state index contributed by atoms with van der Waals surface area (Å²) in [7, 11) is 0. The SMILES string of the molecule is CC(CCc1ccccc1)NC(=O)C1C2C=CC3(CN(c4ccccc4)C(=O)C13)O2. The molecule has 154 valence electrons. The fourth-order valence-corrected chi connectivity index (χ4v) is 5.06. The molecule has 0 aromatic heterocycles. The summed E-state index contributed by atoms with van der Waals surface area (Å²) < 4.78 is 6.22. The van der Waals surface area contributed by atoms with Crippen molar-refractivity contribution in [2.24, 2.45) is 11.8 Å². The topological polar surface area (TPSA) is 58.6 Å². The van der Waals surface area contributed by atoms with E-state index in [-0.39, 0.29) is 24.0 Å². The molecule has 0 aliphatic carbocycles. The highest BCUT2D eigenvalue weighted by Crippen LogP contribution is 2.52. The van der Waals surface area contributed by atoms with Crippen LogP contribution in [0.15, 0.2) is 72.8 Å². The van der Waals surface area contributed by atoms with E-state index < -0.39 is 17.4 Å². The van der Waals surface area contributed by atoms with Crippen LogP contribution in [-0.4, -0.2) is 36.1 Å². The lowest BCUT2D eigenvalue weighted by atomic mass is 9.76. The van der Waals surface area contributed by atoms with Crippen molar-refractivity contribution in [3.05, 3.63) is 78.4 Å². The van der Waals surface area contributed by atoms with Crippen LogP contribution < -0.4 is 10.2 Å². The van der Waals surface area contributed by atoms with Gasteiger partial charge in [0.15, 0.2) is 0 Å². The average molecular weight is 402 g/mol. The third-order valence-corrected chi connectivity index (χ3v) is 6.57. The van der Waals surface area contributed by atoms with Crippen LogP contribution in [0.25, 0.3) is 0 Å². The zero-order chi connectivity index (χ0) is 20.7. The van der Waals surface area contributed by atoms with Gasteiger partial charge in [0.25, 0.3) is 0 Å². The third kappa shape index (κ3) is 3.14. The lowest BCUT2D eigenvalue weighted by molar-refractivity contribution is -0.132. The zero-order valence-electron chi connectivity index (χ0n) is 17.0. The number of carbonyl (C=O) groups excluding carboxylic acids is 2. The summed E-state index contributed by atoms with van der Waals surface area (Å²) in [4.78, 5) is 28.3. The van der Waals surface area contributed by atoms with Crippen LogP contribution in [0.3, 0.4) is 0 Å². The highest BCUT2D eigenvalue weighted by atomic mass is 16.5. The second-order valence-corrected chi connectivity index (χ2v) is 8.59. The molecule has 0 saturated carbocycles. The number of aryl methyl sites for hydroxylation is 1. The number of anilines is 1. The molecule has 3 heterocycles. The van der Waals surface area contributed by atoms with E-state index in [1.807, 2.05) is 67.6 Å². The van der Waals surface area contributed by atoms with Gasteiger partial charge in [-0.05, 0) is 37.5 Å². The van der Waals surface area contributed by atoms with Crippen molar-refractivity contribution in [3.63, 3.8) is 0 Å². The summed E-state index contributed by atoms with van der Waals surface area (Å²) in [6, 6.07) is 19.9. The molecule has 2 fully saturated rings. The fraction of sp³-hybridized carbons (Fsp3) is 0.360. The minimum atomic E-state index is -0.688. The lowest BCUT2D eigenvalue weighted by Crippen LogP contribution is -2.46. The minimum Gasteiger partial charge on any atom is -0.360 e. The van der Waals surface area contributed by atoms with Gasteiger partial charge in [0.2, 0.25) is 11.8 Å². The Balaban J connectivity index is 1.29. The first-order valence-electron chi connectivity index (χ1n) is 10.7. The molecule has 1 spiro atoms. The molecular weight excluding hydrogens is 376 g/mol. The molecule has 5 rings (SSSR count). The summed E-state index contributed by atoms with van der Waals surface area (Å²) in [6.07, 6.45) is 5.38. The monoisotopic (exact) mass is 402 g/mol. The Morgan fingerprint density at radius 1 is 1.17 bits per heavy atom. The molecule has 1 N–H and O–H groups in total. The number of amides is 2. The predicted molar refractivity (Wildman–Crippen MR) is 115 cm³/mol. The van der Waals surface area contributed by atoms with E-state index in [1.165, 1.54) is 5.56 Å². The Hall–Kier alpha value is -2.92. The molecule has 5 unspecified atom stereocenters. The summed E-state index contributed by atoms with van der Waals surface area (Å²) in [5, 5.41) is 3.14. The molecule has 5 heteroatoms. The van der Waals surface area contributed by atoms with Crippen molar-refractivity contribution in [3.8, 4) is 0 Å². The van der Waals surface area contributed by atoms with E-state index >= 15 is 0 Å². The second kappa shape index (κ2) is 7.40. The fourth-order valence-electron chi connectivity index (χ4n) is 5.06. The lowest BCUT2D eigenvalue weighted by Gasteiger charge is -2.25. The predicted octanol–water partition coefficient (Wildman–Crippen LogP) is 3.11. The maximum atomic E-state index is 13.3. The van der Waals surface area contributed by atoms with Crippen LogP contribution in [0, 0.1) is 11.8 Å². The molecule has 5 nitrogen and oxygen atoms in total. The maximum absolute atomic E-state index is 13.3. The van der Waals surface area contributed by atoms with Crippen molar-refractivity contribution >= 4 is 17.5 Å². The molecule has 0 radical (unpaired) electrons. The Bertz CT molecular complexity index is 974. The van der Waals surface area contributed by atoms with Gasteiger partial charge in [0.1, 0.15) is 5.60 Å². The highest BCUT2D eigenvalue weighted by Gasteiger charge is 2.67. The molecule has 30 heavy (non-hydrogen) atoms. The smallest absolute Gasteiger partial charge is 0.234 e. The van der Waals surface area contributed by atoms with Gasteiger partial charge in [0.05, 0.1) is 24.5 Å². The Labute approximate surface area is 176 Å². The Kier molecular flexibility index (Phi) is 4.70. The third-order valence-electron chi connectivity index (χ3n) is 6.57. The number of hydrogen-bond donors (Lipinski definition) is 1. The quantitative estimate of drug-likeness (QED) is 0.756. The molecule has 2 aromatic carbocycles. The number of rotatable bonds is 6. The molecule has 2 bridgehead atoms. The van der Waals surface area contributed by atoms with Crippen molar-refractivity contribution < 1.29 is 14.3 Å². The average Bonchev–Trinajstić information content (AvgIpc) is 3.42. The van der Waals surface area contributed by atoms with Crippen molar-refractivity contribution in [2.75, 3.05) is 11.4 Å². The van der Waals surface area contributed by atoms with E-state index in [9.17, 15) is 9.59 Å². The first kappa shape index (κ1) is 19.1. The molecular formula is C25H26N2O3. The molecule has 3 aliphatic rings. The maximum Gasteiger partial charge on any atom is 0.234 e. The molecule has 2 saturated heterocycles. The number of para-hydroxylation sites is 1. The zero-order valence-corrected chi connectivity index (χ0v) is 17.0. The van der Waals surface area contributed by atoms with E-state index in [4.69, 9.17) is 4.74 Å². The van der Waals surface area contributed by atoms with Gasteiger partial charge in [-0.25, -0.2) is 0 Å². The number of nitrogens with one attached hydrogen (secondary N) is 1. The number of fused-ring (bicyclic) bond motifs is 1. The van der Waals surface area contributed by atoms with Crippen LogP contribution in [0.1, 0.15) is 18.9 Å². The number of carbonyl (C=O) groups is 2. The largest absolute Gasteiger partial charge is 0.360 e. The summed E-state index contributed by atoms with van der Waals surface area (Å²) in [5.74, 6) is -1.05. The van der Waals surface area contributed by atoms with E-state index in [0.29, 0.717) is 6.54 Å². The Morgan fingerprint density at radius 3 is 2.60 bits per heavy atom. The number of benzene rings is 2. The van der Waals surface area contributed by atoms with E-state index in [2.05, 4.69) is 17.4 Å². The van der Waals surface area contributed by atoms with Gasteiger partial charge in [-0.2, -0.15) is 0 Å². The van der Waals surface area contributed by atoms with Crippen LogP contribution in [-0.2, 0) is 20.7 Å². The van der Waals surface area contributed by atoms with Gasteiger partial charge in [-0.1, -0.05) is 60.7 Å². The van der Waals surface area contributed by atoms with E-state index in [1.54, 1.807) is 4.90 Å². The van der Waals surface area contributed by atoms with Gasteiger partial charge < -0.3 is 15.0 Å². The molecule has 5 atom stereocenters. The second-order valence-electron chi connectivity index (χ2n) is 8.59. The van der Waals surface area contributed by atoms with Crippen molar-refractivity contribution in [1.29, 1.82) is 0 Å². The van der Waals surface area contributed by atoms with Crippen LogP contribution in [0.5, 0.6) is 0 Å². The molecule has 2 amide bonds.